The van der Waals surface area contributed by atoms with Crippen LogP contribution in [0.3, 0.4) is 0 Å². The Bertz CT molecular complexity index is 881. The Balaban J connectivity index is 0.000000269. The topological polar surface area (TPSA) is 113 Å². The molecule has 0 aliphatic carbocycles. The molecule has 0 bridgehead atoms. The van der Waals surface area contributed by atoms with Gasteiger partial charge in [0.25, 0.3) is 11.8 Å². The summed E-state index contributed by atoms with van der Waals surface area (Å²) in [4.78, 5) is 26.9. The summed E-state index contributed by atoms with van der Waals surface area (Å²) in [5.41, 5.74) is 5.71. The smallest absolute Gasteiger partial charge is 0.267 e. The number of methoxy groups -OCH3 is 2. The monoisotopic (exact) mass is 423 g/mol. The summed E-state index contributed by atoms with van der Waals surface area (Å²) in [5, 5.41) is 2.69. The van der Waals surface area contributed by atoms with Gasteiger partial charge in [0.05, 0.1) is 19.8 Å². The van der Waals surface area contributed by atoms with Gasteiger partial charge in [-0.3, -0.25) is 14.6 Å². The zero-order valence-electron chi connectivity index (χ0n) is 16.6. The van der Waals surface area contributed by atoms with E-state index in [2.05, 4.69) is 15.0 Å². The van der Waals surface area contributed by atoms with Gasteiger partial charge in [0, 0.05) is 19.0 Å². The van der Waals surface area contributed by atoms with E-state index in [9.17, 15) is 18.4 Å². The van der Waals surface area contributed by atoms with E-state index in [-0.39, 0.29) is 23.5 Å². The first-order valence-corrected chi connectivity index (χ1v) is 9.04. The van der Waals surface area contributed by atoms with Crippen LogP contribution >= 0.6 is 0 Å². The largest absolute Gasteiger partial charge is 0.494 e. The Morgan fingerprint density at radius 2 is 2.03 bits per heavy atom. The molecule has 1 aromatic heterocycles. The van der Waals surface area contributed by atoms with Gasteiger partial charge in [-0.1, -0.05) is 6.07 Å². The Morgan fingerprint density at radius 3 is 2.67 bits per heavy atom. The van der Waals surface area contributed by atoms with Crippen molar-refractivity contribution < 1.29 is 32.6 Å². The minimum atomic E-state index is -0.940. The minimum Gasteiger partial charge on any atom is -0.494 e. The van der Waals surface area contributed by atoms with E-state index >= 15 is 0 Å². The summed E-state index contributed by atoms with van der Waals surface area (Å²) in [6.07, 6.45) is 2.30. The Morgan fingerprint density at radius 1 is 1.27 bits per heavy atom. The maximum absolute atomic E-state index is 12.5. The van der Waals surface area contributed by atoms with Crippen molar-refractivity contribution in [1.82, 2.24) is 4.98 Å². The molecule has 3 N–H and O–H groups in total. The Kier molecular flexibility index (Phi) is 8.63. The van der Waals surface area contributed by atoms with E-state index < -0.39 is 23.6 Å². The highest BCUT2D eigenvalue weighted by Crippen LogP contribution is 2.21. The number of nitrogens with one attached hydrogen (secondary N) is 1. The van der Waals surface area contributed by atoms with Crippen LogP contribution in [0.1, 0.15) is 23.3 Å². The van der Waals surface area contributed by atoms with Crippen molar-refractivity contribution in [3.8, 4) is 5.75 Å². The maximum atomic E-state index is 12.5. The zero-order chi connectivity index (χ0) is 22.1. The molecule has 1 aromatic carbocycles. The fraction of sp³-hybridized carbons (Fsp3) is 0.350. The van der Waals surface area contributed by atoms with Gasteiger partial charge in [-0.15, -0.1) is 0 Å². The van der Waals surface area contributed by atoms with Crippen molar-refractivity contribution in [1.29, 1.82) is 0 Å². The van der Waals surface area contributed by atoms with E-state index in [1.807, 2.05) is 0 Å². The van der Waals surface area contributed by atoms with Crippen LogP contribution in [0.5, 0.6) is 5.75 Å². The lowest BCUT2D eigenvalue weighted by molar-refractivity contribution is -0.127. The number of rotatable bonds is 6. The number of ether oxygens (including phenoxy) is 3. The van der Waals surface area contributed by atoms with E-state index in [1.54, 1.807) is 13.2 Å². The number of carbonyl (C=O) groups is 2. The highest BCUT2D eigenvalue weighted by Gasteiger charge is 2.30. The summed E-state index contributed by atoms with van der Waals surface area (Å²) in [6, 6.07) is 6.81. The van der Waals surface area contributed by atoms with E-state index in [0.29, 0.717) is 18.7 Å². The third-order valence-corrected chi connectivity index (χ3v) is 4.17. The molecule has 30 heavy (non-hydrogen) atoms. The quantitative estimate of drug-likeness (QED) is 0.737. The van der Waals surface area contributed by atoms with E-state index in [0.717, 1.165) is 12.5 Å². The van der Waals surface area contributed by atoms with Crippen LogP contribution in [0.2, 0.25) is 0 Å². The van der Waals surface area contributed by atoms with E-state index in [4.69, 9.17) is 15.2 Å². The third-order valence-electron chi connectivity index (χ3n) is 4.17. The fourth-order valence-corrected chi connectivity index (χ4v) is 2.71. The molecule has 3 rings (SSSR count). The van der Waals surface area contributed by atoms with Crippen LogP contribution in [-0.4, -0.2) is 49.8 Å². The Labute approximate surface area is 172 Å². The van der Waals surface area contributed by atoms with Gasteiger partial charge in [-0.2, -0.15) is 4.39 Å². The number of halogens is 2. The summed E-state index contributed by atoms with van der Waals surface area (Å²) in [7, 11) is 2.89. The van der Waals surface area contributed by atoms with Gasteiger partial charge in [0.15, 0.2) is 11.6 Å². The highest BCUT2D eigenvalue weighted by molar-refractivity contribution is 5.96. The number of benzene rings is 1. The number of hydrogen-bond acceptors (Lipinski definition) is 6. The molecule has 0 spiro atoms. The first-order chi connectivity index (χ1) is 14.3. The van der Waals surface area contributed by atoms with Crippen LogP contribution in [0.4, 0.5) is 14.5 Å². The predicted octanol–water partition coefficient (Wildman–Crippen LogP) is 2.29. The molecule has 0 radical (unpaired) electrons. The predicted molar refractivity (Wildman–Crippen MR) is 104 cm³/mol. The number of pyridine rings is 1. The molecule has 8 nitrogen and oxygen atoms in total. The van der Waals surface area contributed by atoms with Gasteiger partial charge in [-0.25, -0.2) is 4.39 Å². The first-order valence-electron chi connectivity index (χ1n) is 9.04. The fourth-order valence-electron chi connectivity index (χ4n) is 2.71. The van der Waals surface area contributed by atoms with Crippen LogP contribution in [0.15, 0.2) is 36.5 Å². The summed E-state index contributed by atoms with van der Waals surface area (Å²) in [6.45, 7) is 0.477. The van der Waals surface area contributed by atoms with Crippen LogP contribution < -0.4 is 15.8 Å². The average Bonchev–Trinajstić information content (AvgIpc) is 3.20. The molecule has 2 heterocycles. The number of amides is 2. The number of anilines is 1. The average molecular weight is 423 g/mol. The lowest BCUT2D eigenvalue weighted by Gasteiger charge is -2.13. The molecular weight excluding hydrogens is 400 g/mol. The molecule has 2 amide bonds. The van der Waals surface area contributed by atoms with Gasteiger partial charge in [0.1, 0.15) is 11.8 Å². The second kappa shape index (κ2) is 11.2. The summed E-state index contributed by atoms with van der Waals surface area (Å²) < 4.78 is 39.9. The zero-order valence-corrected chi connectivity index (χ0v) is 16.6. The molecule has 0 saturated carbocycles. The van der Waals surface area contributed by atoms with E-state index in [1.165, 1.54) is 31.5 Å². The van der Waals surface area contributed by atoms with Gasteiger partial charge < -0.3 is 25.3 Å². The van der Waals surface area contributed by atoms with Crippen LogP contribution in [-0.2, 0) is 14.3 Å². The summed E-state index contributed by atoms with van der Waals surface area (Å²) in [5.74, 6) is -2.78. The molecule has 2 atom stereocenters. The molecule has 1 saturated heterocycles. The molecule has 162 valence electrons. The number of aromatic nitrogens is 1. The normalized spacial score (nSPS) is 17.6. The van der Waals surface area contributed by atoms with Gasteiger partial charge in [0.2, 0.25) is 5.82 Å². The minimum absolute atomic E-state index is 0.0469. The number of hydrogen-bond donors (Lipinski definition) is 2. The number of primary amides is 1. The second-order valence-corrected chi connectivity index (χ2v) is 6.32. The van der Waals surface area contributed by atoms with Crippen molar-refractivity contribution >= 4 is 17.5 Å². The van der Waals surface area contributed by atoms with Gasteiger partial charge >= 0.3 is 0 Å². The number of carbonyl (C=O) groups excluding carboxylic acids is 2. The van der Waals surface area contributed by atoms with Crippen molar-refractivity contribution in [3.63, 3.8) is 0 Å². The van der Waals surface area contributed by atoms with Crippen LogP contribution in [0.25, 0.3) is 0 Å². The molecule has 1 aliphatic heterocycles. The maximum Gasteiger partial charge on any atom is 0.267 e. The molecule has 2 aromatic rings. The lowest BCUT2D eigenvalue weighted by atomic mass is 10.2. The molecule has 1 fully saturated rings. The van der Waals surface area contributed by atoms with Crippen molar-refractivity contribution in [2.24, 2.45) is 5.73 Å². The van der Waals surface area contributed by atoms with Gasteiger partial charge in [-0.05, 0) is 37.1 Å². The molecule has 10 heteroatoms. The molecule has 2 unspecified atom stereocenters. The third kappa shape index (κ3) is 6.46. The van der Waals surface area contributed by atoms with Crippen LogP contribution in [0, 0.1) is 11.6 Å². The lowest BCUT2D eigenvalue weighted by Crippen LogP contribution is -2.29. The molecular formula is C20H23F2N3O5. The standard InChI is InChI=1S/C13H17N3O4.C7H6F2O/c1-19-7-9-2-3-11(20-9)13(18)16-8-4-5-15-10(6-8)12(14)17;1-10-6-4-2-3-5(8)7(6)9/h4-6,9,11H,2-3,7H2,1H3,(H2,14,17)(H,15,16,18);2-4H,1H3. The number of nitrogens with zero attached hydrogens (tertiary/aromatic N) is 1. The van der Waals surface area contributed by atoms with Crippen molar-refractivity contribution in [2.75, 3.05) is 26.1 Å². The van der Waals surface area contributed by atoms with Crippen molar-refractivity contribution in [3.05, 3.63) is 53.9 Å². The first kappa shape index (κ1) is 23.2. The SMILES string of the molecule is COCC1CCC(C(=O)Nc2ccnc(C(N)=O)c2)O1.COc1cccc(F)c1F. The second-order valence-electron chi connectivity index (χ2n) is 6.32. The highest BCUT2D eigenvalue weighted by atomic mass is 19.2. The van der Waals surface area contributed by atoms with Crippen molar-refractivity contribution in [2.45, 2.75) is 25.0 Å². The summed E-state index contributed by atoms with van der Waals surface area (Å²) >= 11 is 0. The molecule has 1 aliphatic rings. The number of nitrogens with two attached hydrogens (primary N) is 1. The Hall–Kier alpha value is -3.11.